The van der Waals surface area contributed by atoms with Gasteiger partial charge in [-0.05, 0) is 30.0 Å². The molecule has 2 aromatic carbocycles. The molecule has 0 aromatic heterocycles. The van der Waals surface area contributed by atoms with E-state index >= 15 is 0 Å². The predicted octanol–water partition coefficient (Wildman–Crippen LogP) is 3.85. The molecule has 2 atom stereocenters. The first-order chi connectivity index (χ1) is 14.0. The molecule has 0 radical (unpaired) electrons. The molecule has 29 heavy (non-hydrogen) atoms. The molecule has 0 fully saturated rings. The summed E-state index contributed by atoms with van der Waals surface area (Å²) in [6.07, 6.45) is 0.717. The third kappa shape index (κ3) is 3.07. The largest absolute Gasteiger partial charge is 0.493 e. The van der Waals surface area contributed by atoms with Gasteiger partial charge in [0.25, 0.3) is 0 Å². The summed E-state index contributed by atoms with van der Waals surface area (Å²) < 4.78 is 10.7. The molecule has 2 aromatic rings. The van der Waals surface area contributed by atoms with E-state index in [4.69, 9.17) is 9.47 Å². The van der Waals surface area contributed by atoms with Crippen molar-refractivity contribution in [1.82, 2.24) is 0 Å². The minimum atomic E-state index is -0.559. The summed E-state index contributed by atoms with van der Waals surface area (Å²) in [4.78, 5) is 39.1. The van der Waals surface area contributed by atoms with Crippen molar-refractivity contribution >= 4 is 17.3 Å². The number of hydrogen-bond acceptors (Lipinski definition) is 5. The molecule has 0 N–H and O–H groups in total. The van der Waals surface area contributed by atoms with Crippen LogP contribution in [0.25, 0.3) is 0 Å². The average molecular weight is 390 g/mol. The average Bonchev–Trinajstić information content (AvgIpc) is 2.74. The van der Waals surface area contributed by atoms with Crippen molar-refractivity contribution in [3.05, 3.63) is 70.3 Å². The van der Waals surface area contributed by atoms with Crippen molar-refractivity contribution in [1.29, 1.82) is 0 Å². The van der Waals surface area contributed by atoms with E-state index in [-0.39, 0.29) is 29.7 Å². The SMILES string of the molecule is COc1ccc(CC2CC(=O)C(C)C3=C2C(=O)c2ccccc2C3=O)cc1OC. The van der Waals surface area contributed by atoms with Gasteiger partial charge in [0.15, 0.2) is 23.1 Å². The van der Waals surface area contributed by atoms with E-state index in [0.717, 1.165) is 5.56 Å². The molecule has 4 rings (SSSR count). The Labute approximate surface area is 169 Å². The fraction of sp³-hybridized carbons (Fsp3) is 0.292. The Morgan fingerprint density at radius 3 is 2.10 bits per heavy atom. The van der Waals surface area contributed by atoms with Gasteiger partial charge in [-0.1, -0.05) is 37.3 Å². The first-order valence-corrected chi connectivity index (χ1v) is 9.62. The van der Waals surface area contributed by atoms with Crippen LogP contribution < -0.4 is 9.47 Å². The lowest BCUT2D eigenvalue weighted by atomic mass is 9.67. The smallest absolute Gasteiger partial charge is 0.190 e. The van der Waals surface area contributed by atoms with Gasteiger partial charge in [-0.25, -0.2) is 0 Å². The Morgan fingerprint density at radius 2 is 1.48 bits per heavy atom. The second-order valence-electron chi connectivity index (χ2n) is 7.51. The van der Waals surface area contributed by atoms with Crippen LogP contribution in [0.5, 0.6) is 11.5 Å². The predicted molar refractivity (Wildman–Crippen MR) is 108 cm³/mol. The summed E-state index contributed by atoms with van der Waals surface area (Å²) in [5.74, 6) is -0.0376. The molecule has 0 spiro atoms. The van der Waals surface area contributed by atoms with Crippen LogP contribution in [0.3, 0.4) is 0 Å². The van der Waals surface area contributed by atoms with Gasteiger partial charge >= 0.3 is 0 Å². The number of allylic oxidation sites excluding steroid dienone is 2. The number of fused-ring (bicyclic) bond motifs is 1. The maximum atomic E-state index is 13.3. The van der Waals surface area contributed by atoms with Crippen LogP contribution in [0.1, 0.15) is 39.6 Å². The number of Topliss-reactive ketones (excluding diaryl/α,β-unsaturated/α-hetero) is 3. The van der Waals surface area contributed by atoms with Crippen molar-refractivity contribution in [2.45, 2.75) is 19.8 Å². The van der Waals surface area contributed by atoms with E-state index < -0.39 is 5.92 Å². The molecular weight excluding hydrogens is 368 g/mol. The zero-order chi connectivity index (χ0) is 20.7. The summed E-state index contributed by atoms with van der Waals surface area (Å²) in [7, 11) is 3.13. The number of benzene rings is 2. The molecule has 148 valence electrons. The lowest BCUT2D eigenvalue weighted by molar-refractivity contribution is -0.122. The van der Waals surface area contributed by atoms with E-state index in [1.54, 1.807) is 51.5 Å². The van der Waals surface area contributed by atoms with Crippen LogP contribution >= 0.6 is 0 Å². The van der Waals surface area contributed by atoms with Crippen LogP contribution in [-0.2, 0) is 11.2 Å². The van der Waals surface area contributed by atoms with Crippen molar-refractivity contribution in [2.75, 3.05) is 14.2 Å². The van der Waals surface area contributed by atoms with Crippen LogP contribution in [0, 0.1) is 11.8 Å². The minimum Gasteiger partial charge on any atom is -0.493 e. The van der Waals surface area contributed by atoms with Gasteiger partial charge in [-0.3, -0.25) is 14.4 Å². The van der Waals surface area contributed by atoms with Crippen molar-refractivity contribution in [3.63, 3.8) is 0 Å². The highest BCUT2D eigenvalue weighted by Gasteiger charge is 2.43. The van der Waals surface area contributed by atoms with E-state index in [9.17, 15) is 14.4 Å². The van der Waals surface area contributed by atoms with Gasteiger partial charge in [-0.15, -0.1) is 0 Å². The molecule has 0 amide bonds. The molecule has 0 bridgehead atoms. The molecule has 2 unspecified atom stereocenters. The molecule has 5 nitrogen and oxygen atoms in total. The normalized spacial score (nSPS) is 21.0. The zero-order valence-electron chi connectivity index (χ0n) is 16.7. The van der Waals surface area contributed by atoms with Crippen LogP contribution in [0.4, 0.5) is 0 Å². The van der Waals surface area contributed by atoms with E-state index in [1.165, 1.54) is 0 Å². The number of carbonyl (C=O) groups is 3. The van der Waals surface area contributed by atoms with Crippen molar-refractivity contribution < 1.29 is 23.9 Å². The van der Waals surface area contributed by atoms with E-state index in [2.05, 4.69) is 0 Å². The number of ketones is 3. The lowest BCUT2D eigenvalue weighted by Gasteiger charge is -2.33. The summed E-state index contributed by atoms with van der Waals surface area (Å²) in [6, 6.07) is 12.4. The van der Waals surface area contributed by atoms with E-state index in [1.807, 2.05) is 12.1 Å². The van der Waals surface area contributed by atoms with Crippen LogP contribution in [-0.4, -0.2) is 31.6 Å². The van der Waals surface area contributed by atoms with E-state index in [0.29, 0.717) is 40.2 Å². The van der Waals surface area contributed by atoms with Crippen LogP contribution in [0.2, 0.25) is 0 Å². The van der Waals surface area contributed by atoms with Gasteiger partial charge in [-0.2, -0.15) is 0 Å². The Morgan fingerprint density at radius 1 is 0.862 bits per heavy atom. The molecular formula is C24H22O5. The highest BCUT2D eigenvalue weighted by atomic mass is 16.5. The van der Waals surface area contributed by atoms with Gasteiger partial charge in [0, 0.05) is 34.6 Å². The minimum absolute atomic E-state index is 0.00485. The number of carbonyl (C=O) groups excluding carboxylic acids is 3. The quantitative estimate of drug-likeness (QED) is 0.793. The van der Waals surface area contributed by atoms with Gasteiger partial charge < -0.3 is 9.47 Å². The third-order valence-electron chi connectivity index (χ3n) is 5.90. The Hall–Kier alpha value is -3.21. The maximum absolute atomic E-state index is 13.3. The molecule has 2 aliphatic rings. The summed E-state index contributed by atoms with van der Waals surface area (Å²) in [6.45, 7) is 1.73. The number of methoxy groups -OCH3 is 2. The second kappa shape index (κ2) is 7.32. The molecule has 5 heteroatoms. The fourth-order valence-electron chi connectivity index (χ4n) is 4.40. The van der Waals surface area contributed by atoms with Crippen LogP contribution in [0.15, 0.2) is 53.6 Å². The van der Waals surface area contributed by atoms with Gasteiger partial charge in [0.2, 0.25) is 0 Å². The van der Waals surface area contributed by atoms with Gasteiger partial charge in [0.1, 0.15) is 5.78 Å². The van der Waals surface area contributed by atoms with Crippen molar-refractivity contribution in [2.24, 2.45) is 11.8 Å². The monoisotopic (exact) mass is 390 g/mol. The highest BCUT2D eigenvalue weighted by Crippen LogP contribution is 2.41. The maximum Gasteiger partial charge on any atom is 0.190 e. The van der Waals surface area contributed by atoms with Crippen molar-refractivity contribution in [3.8, 4) is 11.5 Å². The molecule has 0 aliphatic heterocycles. The highest BCUT2D eigenvalue weighted by molar-refractivity contribution is 6.29. The molecule has 0 saturated heterocycles. The first-order valence-electron chi connectivity index (χ1n) is 9.62. The lowest BCUT2D eigenvalue weighted by Crippen LogP contribution is -2.37. The number of rotatable bonds is 4. The Bertz CT molecular complexity index is 1060. The summed E-state index contributed by atoms with van der Waals surface area (Å²) >= 11 is 0. The summed E-state index contributed by atoms with van der Waals surface area (Å²) in [5.41, 5.74) is 2.60. The molecule has 0 saturated carbocycles. The molecule has 2 aliphatic carbocycles. The fourth-order valence-corrected chi connectivity index (χ4v) is 4.40. The van der Waals surface area contributed by atoms with Gasteiger partial charge in [0.05, 0.1) is 14.2 Å². The Balaban J connectivity index is 1.78. The molecule has 0 heterocycles. The standard InChI is InChI=1S/C24H22O5/c1-13-18(25)12-15(10-14-8-9-19(28-2)20(11-14)29-3)22-21(13)23(26)16-6-4-5-7-17(16)24(22)27/h4-9,11,13,15H,10,12H2,1-3H3. The zero-order valence-corrected chi connectivity index (χ0v) is 16.7. The number of hydrogen-bond donors (Lipinski definition) is 0. The second-order valence-corrected chi connectivity index (χ2v) is 7.51. The summed E-state index contributed by atoms with van der Waals surface area (Å²) in [5, 5.41) is 0. The number of ether oxygens (including phenoxy) is 2. The topological polar surface area (TPSA) is 69.7 Å². The first kappa shape index (κ1) is 19.1. The third-order valence-corrected chi connectivity index (χ3v) is 5.90. The Kier molecular flexibility index (Phi) is 4.82.